The van der Waals surface area contributed by atoms with Crippen LogP contribution >= 0.6 is 0 Å². The fourth-order valence-electron chi connectivity index (χ4n) is 1.21. The third-order valence-corrected chi connectivity index (χ3v) is 1.92. The van der Waals surface area contributed by atoms with Gasteiger partial charge in [0.1, 0.15) is 0 Å². The minimum absolute atomic E-state index is 0.0778. The van der Waals surface area contributed by atoms with E-state index in [0.717, 1.165) is 0 Å². The summed E-state index contributed by atoms with van der Waals surface area (Å²) in [6.07, 6.45) is -0.374. The average molecular weight is 273 g/mol. The van der Waals surface area contributed by atoms with Gasteiger partial charge in [0, 0.05) is 5.70 Å². The van der Waals surface area contributed by atoms with E-state index in [-0.39, 0.29) is 31.9 Å². The van der Waals surface area contributed by atoms with E-state index in [9.17, 15) is 14.4 Å². The van der Waals surface area contributed by atoms with Crippen LogP contribution in [-0.4, -0.2) is 37.7 Å². The van der Waals surface area contributed by atoms with E-state index < -0.39 is 23.5 Å². The van der Waals surface area contributed by atoms with E-state index in [4.69, 9.17) is 15.2 Å². The van der Waals surface area contributed by atoms with Gasteiger partial charge < -0.3 is 19.9 Å². The number of nitrogens with two attached hydrogens (primary N) is 1. The molecule has 7 heteroatoms. The summed E-state index contributed by atoms with van der Waals surface area (Å²) in [6, 6.07) is 0. The lowest BCUT2D eigenvalue weighted by atomic mass is 10.1. The van der Waals surface area contributed by atoms with Crippen LogP contribution in [0.25, 0.3) is 0 Å². The molecule has 0 radical (unpaired) electrons. The SMILES string of the molecule is CCOC(=O)CC(N)=C(C(=O)OCC)C(=O)OCC. The molecule has 0 aliphatic carbocycles. The van der Waals surface area contributed by atoms with E-state index in [1.165, 1.54) is 0 Å². The summed E-state index contributed by atoms with van der Waals surface area (Å²) in [5.74, 6) is -2.46. The highest BCUT2D eigenvalue weighted by Crippen LogP contribution is 2.09. The van der Waals surface area contributed by atoms with Gasteiger partial charge in [-0.25, -0.2) is 9.59 Å². The third kappa shape index (κ3) is 5.89. The van der Waals surface area contributed by atoms with Crippen molar-refractivity contribution in [3.63, 3.8) is 0 Å². The third-order valence-electron chi connectivity index (χ3n) is 1.92. The fraction of sp³-hybridized carbons (Fsp3) is 0.583. The van der Waals surface area contributed by atoms with Crippen LogP contribution in [0.15, 0.2) is 11.3 Å². The second kappa shape index (κ2) is 8.96. The van der Waals surface area contributed by atoms with E-state index in [2.05, 4.69) is 4.74 Å². The molecular formula is C12H19NO6. The van der Waals surface area contributed by atoms with Gasteiger partial charge >= 0.3 is 17.9 Å². The molecule has 0 spiro atoms. The van der Waals surface area contributed by atoms with Crippen LogP contribution in [0.3, 0.4) is 0 Å². The summed E-state index contributed by atoms with van der Waals surface area (Å²) in [7, 11) is 0. The second-order valence-electron chi connectivity index (χ2n) is 3.32. The molecule has 0 aliphatic heterocycles. The van der Waals surface area contributed by atoms with Crippen molar-refractivity contribution in [3.8, 4) is 0 Å². The molecule has 0 unspecified atom stereocenters. The number of carbonyl (C=O) groups excluding carboxylic acids is 3. The van der Waals surface area contributed by atoms with Crippen LogP contribution in [-0.2, 0) is 28.6 Å². The van der Waals surface area contributed by atoms with Crippen LogP contribution in [0.4, 0.5) is 0 Å². The number of carbonyl (C=O) groups is 3. The highest BCUT2D eigenvalue weighted by atomic mass is 16.6. The lowest BCUT2D eigenvalue weighted by Crippen LogP contribution is -2.24. The molecule has 0 aromatic rings. The van der Waals surface area contributed by atoms with Crippen molar-refractivity contribution in [3.05, 3.63) is 11.3 Å². The van der Waals surface area contributed by atoms with Gasteiger partial charge in [-0.15, -0.1) is 0 Å². The normalized spacial score (nSPS) is 9.42. The van der Waals surface area contributed by atoms with Gasteiger partial charge in [-0.1, -0.05) is 0 Å². The van der Waals surface area contributed by atoms with Crippen LogP contribution in [0.1, 0.15) is 27.2 Å². The Labute approximate surface area is 111 Å². The first-order chi connectivity index (χ1) is 8.97. The second-order valence-corrected chi connectivity index (χ2v) is 3.32. The first-order valence-corrected chi connectivity index (χ1v) is 5.96. The molecule has 7 nitrogen and oxygen atoms in total. The Hall–Kier alpha value is -2.05. The zero-order valence-electron chi connectivity index (χ0n) is 11.4. The number of esters is 3. The Balaban J connectivity index is 5.12. The van der Waals surface area contributed by atoms with Gasteiger partial charge in [0.05, 0.1) is 26.2 Å². The van der Waals surface area contributed by atoms with Gasteiger partial charge in [0.15, 0.2) is 5.57 Å². The Bertz CT molecular complexity index is 354. The van der Waals surface area contributed by atoms with Crippen LogP contribution < -0.4 is 5.73 Å². The van der Waals surface area contributed by atoms with Crippen molar-refractivity contribution in [1.29, 1.82) is 0 Å². The molecule has 0 aromatic heterocycles. The summed E-state index contributed by atoms with van der Waals surface area (Å²) in [6.45, 7) is 5.14. The van der Waals surface area contributed by atoms with Crippen LogP contribution in [0.5, 0.6) is 0 Å². The van der Waals surface area contributed by atoms with Crippen molar-refractivity contribution in [2.45, 2.75) is 27.2 Å². The molecule has 0 rings (SSSR count). The fourth-order valence-corrected chi connectivity index (χ4v) is 1.21. The monoisotopic (exact) mass is 273 g/mol. The number of hydrogen-bond donors (Lipinski definition) is 1. The lowest BCUT2D eigenvalue weighted by molar-refractivity contribution is -0.146. The molecule has 0 aromatic carbocycles. The van der Waals surface area contributed by atoms with Crippen LogP contribution in [0, 0.1) is 0 Å². The molecular weight excluding hydrogens is 254 g/mol. The average Bonchev–Trinajstić information content (AvgIpc) is 2.29. The van der Waals surface area contributed by atoms with Crippen molar-refractivity contribution >= 4 is 17.9 Å². The molecule has 0 saturated carbocycles. The van der Waals surface area contributed by atoms with E-state index >= 15 is 0 Å². The van der Waals surface area contributed by atoms with Gasteiger partial charge in [-0.2, -0.15) is 0 Å². The van der Waals surface area contributed by atoms with Gasteiger partial charge in [-0.05, 0) is 20.8 Å². The zero-order chi connectivity index (χ0) is 14.8. The Morgan fingerprint density at radius 3 is 1.63 bits per heavy atom. The van der Waals surface area contributed by atoms with E-state index in [1.807, 2.05) is 0 Å². The number of ether oxygens (including phenoxy) is 3. The van der Waals surface area contributed by atoms with Crippen molar-refractivity contribution in [2.75, 3.05) is 19.8 Å². The minimum Gasteiger partial charge on any atom is -0.466 e. The first-order valence-electron chi connectivity index (χ1n) is 5.96. The maximum absolute atomic E-state index is 11.6. The van der Waals surface area contributed by atoms with E-state index in [1.54, 1.807) is 20.8 Å². The summed E-state index contributed by atoms with van der Waals surface area (Å²) < 4.78 is 14.1. The van der Waals surface area contributed by atoms with Gasteiger partial charge in [-0.3, -0.25) is 4.79 Å². The molecule has 2 N–H and O–H groups in total. The van der Waals surface area contributed by atoms with E-state index in [0.29, 0.717) is 0 Å². The molecule has 0 saturated heterocycles. The molecule has 19 heavy (non-hydrogen) atoms. The maximum Gasteiger partial charge on any atom is 0.347 e. The topological polar surface area (TPSA) is 105 Å². The molecule has 0 bridgehead atoms. The predicted molar refractivity (Wildman–Crippen MR) is 65.7 cm³/mol. The largest absolute Gasteiger partial charge is 0.466 e. The highest BCUT2D eigenvalue weighted by Gasteiger charge is 2.26. The summed E-state index contributed by atoms with van der Waals surface area (Å²) in [5, 5.41) is 0. The highest BCUT2D eigenvalue weighted by molar-refractivity contribution is 6.15. The molecule has 108 valence electrons. The predicted octanol–water partition coefficient (Wildman–Crippen LogP) is 0.279. The zero-order valence-corrected chi connectivity index (χ0v) is 11.4. The molecule has 0 heterocycles. The number of rotatable bonds is 7. The van der Waals surface area contributed by atoms with Gasteiger partial charge in [0.25, 0.3) is 0 Å². The van der Waals surface area contributed by atoms with Crippen molar-refractivity contribution in [1.82, 2.24) is 0 Å². The molecule has 0 fully saturated rings. The summed E-state index contributed by atoms with van der Waals surface area (Å²) >= 11 is 0. The molecule has 0 aliphatic rings. The number of hydrogen-bond acceptors (Lipinski definition) is 7. The summed E-state index contributed by atoms with van der Waals surface area (Å²) in [5.41, 5.74) is 4.90. The Kier molecular flexibility index (Phi) is 7.99. The van der Waals surface area contributed by atoms with Gasteiger partial charge in [0.2, 0.25) is 0 Å². The smallest absolute Gasteiger partial charge is 0.347 e. The Morgan fingerprint density at radius 1 is 0.842 bits per heavy atom. The minimum atomic E-state index is -0.914. The van der Waals surface area contributed by atoms with Crippen LogP contribution in [0.2, 0.25) is 0 Å². The standard InChI is InChI=1S/C12H19NO6/c1-4-17-9(14)7-8(13)10(11(15)18-5-2)12(16)19-6-3/h4-7,13H2,1-3H3. The lowest BCUT2D eigenvalue weighted by Gasteiger charge is -2.10. The summed E-state index contributed by atoms with van der Waals surface area (Å²) in [4.78, 5) is 34.5. The maximum atomic E-state index is 11.6. The van der Waals surface area contributed by atoms with Crippen molar-refractivity contribution in [2.24, 2.45) is 5.73 Å². The quantitative estimate of drug-likeness (QED) is 0.233. The first kappa shape index (κ1) is 16.9. The molecule has 0 atom stereocenters. The van der Waals surface area contributed by atoms with Crippen molar-refractivity contribution < 1.29 is 28.6 Å². The molecule has 0 amide bonds. The Morgan fingerprint density at radius 2 is 1.26 bits per heavy atom.